The van der Waals surface area contributed by atoms with Gasteiger partial charge in [-0.1, -0.05) is 30.3 Å². The Bertz CT molecular complexity index is 374. The van der Waals surface area contributed by atoms with Gasteiger partial charge in [0.25, 0.3) is 5.91 Å². The van der Waals surface area contributed by atoms with Gasteiger partial charge in [-0.25, -0.2) is 5.43 Å². The standard InChI is InChI=1S/C13H20N4O/c14-15-13(18)11-17-8-6-16(7-9-17)10-12-4-2-1-3-5-12/h1-5H,6-11,14H2,(H,15,18)/p+1. The molecule has 1 aromatic carbocycles. The van der Waals surface area contributed by atoms with Crippen molar-refractivity contribution in [2.75, 3.05) is 32.7 Å². The molecule has 1 fully saturated rings. The quantitative estimate of drug-likeness (QED) is 0.678. The van der Waals surface area contributed by atoms with E-state index < -0.39 is 0 Å². The SMILES string of the molecule is [NH3+]NC(=O)CN1CCN(Cc2ccccc2)CC1. The van der Waals surface area contributed by atoms with E-state index in [9.17, 15) is 4.79 Å². The van der Waals surface area contributed by atoms with Gasteiger partial charge in [0.1, 0.15) is 0 Å². The molecule has 0 bridgehead atoms. The second kappa shape index (κ2) is 6.49. The first kappa shape index (κ1) is 13.0. The molecule has 98 valence electrons. The van der Waals surface area contributed by atoms with E-state index >= 15 is 0 Å². The molecule has 4 N–H and O–H groups in total. The normalized spacial score (nSPS) is 17.6. The van der Waals surface area contributed by atoms with Gasteiger partial charge in [0, 0.05) is 32.7 Å². The van der Waals surface area contributed by atoms with Gasteiger partial charge in [0.15, 0.2) is 0 Å². The van der Waals surface area contributed by atoms with Crippen molar-refractivity contribution < 1.29 is 10.6 Å². The summed E-state index contributed by atoms with van der Waals surface area (Å²) < 4.78 is 0. The summed E-state index contributed by atoms with van der Waals surface area (Å²) in [5.41, 5.74) is 3.77. The molecule has 5 heteroatoms. The zero-order chi connectivity index (χ0) is 12.8. The number of benzene rings is 1. The molecule has 5 nitrogen and oxygen atoms in total. The molecule has 0 saturated carbocycles. The smallest absolute Gasteiger partial charge is 0.278 e. The molecule has 18 heavy (non-hydrogen) atoms. The Morgan fingerprint density at radius 2 is 1.72 bits per heavy atom. The summed E-state index contributed by atoms with van der Waals surface area (Å²) in [5, 5.41) is 0. The van der Waals surface area contributed by atoms with Crippen LogP contribution in [0.3, 0.4) is 0 Å². The van der Waals surface area contributed by atoms with Gasteiger partial charge >= 0.3 is 0 Å². The van der Waals surface area contributed by atoms with Crippen molar-refractivity contribution in [3.63, 3.8) is 0 Å². The maximum atomic E-state index is 11.2. The molecule has 1 amide bonds. The van der Waals surface area contributed by atoms with Gasteiger partial charge in [-0.15, -0.1) is 0 Å². The molecular formula is C13H21N4O+. The van der Waals surface area contributed by atoms with Crippen molar-refractivity contribution in [1.82, 2.24) is 15.2 Å². The van der Waals surface area contributed by atoms with Crippen LogP contribution in [0, 0.1) is 0 Å². The summed E-state index contributed by atoms with van der Waals surface area (Å²) in [6.07, 6.45) is 0. The number of carbonyl (C=O) groups is 1. The van der Waals surface area contributed by atoms with Crippen LogP contribution in [0.1, 0.15) is 5.56 Å². The third-order valence-corrected chi connectivity index (χ3v) is 3.28. The Kier molecular flexibility index (Phi) is 4.69. The number of piperazine rings is 1. The molecule has 1 saturated heterocycles. The van der Waals surface area contributed by atoms with Crippen LogP contribution in [0.4, 0.5) is 0 Å². The summed E-state index contributed by atoms with van der Waals surface area (Å²) in [4.78, 5) is 15.8. The lowest BCUT2D eigenvalue weighted by Crippen LogP contribution is -2.69. The molecule has 1 aliphatic heterocycles. The third-order valence-electron chi connectivity index (χ3n) is 3.28. The molecule has 0 radical (unpaired) electrons. The van der Waals surface area contributed by atoms with E-state index in [4.69, 9.17) is 0 Å². The number of hydrogen-bond acceptors (Lipinski definition) is 3. The fourth-order valence-corrected chi connectivity index (χ4v) is 2.21. The summed E-state index contributed by atoms with van der Waals surface area (Å²) in [5.74, 6) is 3.38. The van der Waals surface area contributed by atoms with Crippen molar-refractivity contribution in [2.45, 2.75) is 6.54 Å². The van der Waals surface area contributed by atoms with Crippen molar-refractivity contribution in [3.8, 4) is 0 Å². The monoisotopic (exact) mass is 249 g/mol. The zero-order valence-corrected chi connectivity index (χ0v) is 10.6. The average Bonchev–Trinajstić information content (AvgIpc) is 2.42. The van der Waals surface area contributed by atoms with E-state index in [1.165, 1.54) is 5.56 Å². The van der Waals surface area contributed by atoms with E-state index in [0.717, 1.165) is 32.7 Å². The van der Waals surface area contributed by atoms with Gasteiger partial charge in [-0.2, -0.15) is 0 Å². The second-order valence-electron chi connectivity index (χ2n) is 4.64. The predicted octanol–water partition coefficient (Wildman–Crippen LogP) is -0.923. The summed E-state index contributed by atoms with van der Waals surface area (Å²) in [6.45, 7) is 5.37. The predicted molar refractivity (Wildman–Crippen MR) is 69.2 cm³/mol. The molecule has 1 heterocycles. The number of carbonyl (C=O) groups excluding carboxylic acids is 1. The molecule has 0 aliphatic carbocycles. The number of amides is 1. The van der Waals surface area contributed by atoms with Crippen LogP contribution >= 0.6 is 0 Å². The molecule has 1 aromatic rings. The molecule has 0 unspecified atom stereocenters. The van der Waals surface area contributed by atoms with Crippen molar-refractivity contribution >= 4 is 5.91 Å². The van der Waals surface area contributed by atoms with Gasteiger partial charge in [-0.3, -0.25) is 20.4 Å². The molecule has 1 aliphatic rings. The first-order valence-corrected chi connectivity index (χ1v) is 6.32. The number of nitrogens with one attached hydrogen (secondary N) is 1. The first-order valence-electron chi connectivity index (χ1n) is 6.32. The minimum absolute atomic E-state index is 0.00786. The van der Waals surface area contributed by atoms with Crippen LogP contribution in [-0.2, 0) is 11.3 Å². The van der Waals surface area contributed by atoms with Crippen LogP contribution in [0.25, 0.3) is 0 Å². The maximum Gasteiger partial charge on any atom is 0.278 e. The van der Waals surface area contributed by atoms with E-state index in [0.29, 0.717) is 6.54 Å². The fraction of sp³-hybridized carbons (Fsp3) is 0.462. The number of quaternary nitrogens is 1. The highest BCUT2D eigenvalue weighted by atomic mass is 16.2. The Morgan fingerprint density at radius 3 is 2.33 bits per heavy atom. The third kappa shape index (κ3) is 3.80. The van der Waals surface area contributed by atoms with E-state index in [-0.39, 0.29) is 5.91 Å². The van der Waals surface area contributed by atoms with Crippen molar-refractivity contribution in [3.05, 3.63) is 35.9 Å². The molecular weight excluding hydrogens is 228 g/mol. The van der Waals surface area contributed by atoms with E-state index in [1.807, 2.05) is 6.07 Å². The highest BCUT2D eigenvalue weighted by molar-refractivity contribution is 5.76. The molecule has 0 spiro atoms. The van der Waals surface area contributed by atoms with Gasteiger partial charge in [0.2, 0.25) is 0 Å². The number of hydrogen-bond donors (Lipinski definition) is 2. The molecule has 0 aromatic heterocycles. The fourth-order valence-electron chi connectivity index (χ4n) is 2.21. The summed E-state index contributed by atoms with van der Waals surface area (Å²) in [6, 6.07) is 10.5. The Labute approximate surface area is 108 Å². The Morgan fingerprint density at radius 1 is 1.11 bits per heavy atom. The summed E-state index contributed by atoms with van der Waals surface area (Å²) in [7, 11) is 0. The number of nitrogens with zero attached hydrogens (tertiary/aromatic N) is 2. The van der Waals surface area contributed by atoms with Gasteiger partial charge in [-0.05, 0) is 5.56 Å². The average molecular weight is 249 g/mol. The second-order valence-corrected chi connectivity index (χ2v) is 4.64. The van der Waals surface area contributed by atoms with Crippen LogP contribution in [-0.4, -0.2) is 48.4 Å². The molecule has 0 atom stereocenters. The topological polar surface area (TPSA) is 63.2 Å². The van der Waals surface area contributed by atoms with Gasteiger partial charge in [0.05, 0.1) is 6.54 Å². The Balaban J connectivity index is 1.75. The summed E-state index contributed by atoms with van der Waals surface area (Å²) >= 11 is 0. The largest absolute Gasteiger partial charge is 0.297 e. The number of rotatable bonds is 4. The zero-order valence-electron chi connectivity index (χ0n) is 10.6. The van der Waals surface area contributed by atoms with Crippen LogP contribution < -0.4 is 11.3 Å². The van der Waals surface area contributed by atoms with Crippen LogP contribution in [0.5, 0.6) is 0 Å². The lowest BCUT2D eigenvalue weighted by Gasteiger charge is -2.34. The molecule has 2 rings (SSSR count). The minimum Gasteiger partial charge on any atom is -0.297 e. The van der Waals surface area contributed by atoms with Crippen LogP contribution in [0.15, 0.2) is 30.3 Å². The maximum absolute atomic E-state index is 11.2. The van der Waals surface area contributed by atoms with E-state index in [1.54, 1.807) is 0 Å². The lowest BCUT2D eigenvalue weighted by molar-refractivity contribution is -0.427. The van der Waals surface area contributed by atoms with Crippen LogP contribution in [0.2, 0.25) is 0 Å². The van der Waals surface area contributed by atoms with E-state index in [2.05, 4.69) is 45.3 Å². The lowest BCUT2D eigenvalue weighted by atomic mass is 10.2. The van der Waals surface area contributed by atoms with Crippen molar-refractivity contribution in [2.24, 2.45) is 0 Å². The Hall–Kier alpha value is -1.43. The minimum atomic E-state index is -0.00786. The first-order chi connectivity index (χ1) is 8.78. The highest BCUT2D eigenvalue weighted by Crippen LogP contribution is 2.07. The van der Waals surface area contributed by atoms with Gasteiger partial charge < -0.3 is 0 Å². The van der Waals surface area contributed by atoms with Crippen molar-refractivity contribution in [1.29, 1.82) is 0 Å². The highest BCUT2D eigenvalue weighted by Gasteiger charge is 2.18.